The second kappa shape index (κ2) is 6.41. The molecule has 0 aromatic heterocycles. The molecule has 5 heteroatoms. The van der Waals surface area contributed by atoms with Gasteiger partial charge in [0.15, 0.2) is 0 Å². The zero-order valence-electron chi connectivity index (χ0n) is 11.6. The Morgan fingerprint density at radius 1 is 1.35 bits per heavy atom. The standard InChI is InChI=1S/C15H20N2O3/c1-10(14(18)19)6-7-16-15(20)17-9-12-8-11-4-2-3-5-13(11)12/h2-5,10,12H,6-9H2,1H3,(H,18,19)(H2,16,17,20). The Morgan fingerprint density at radius 3 is 2.80 bits per heavy atom. The molecule has 20 heavy (non-hydrogen) atoms. The predicted octanol–water partition coefficient (Wildman–Crippen LogP) is 1.74. The minimum atomic E-state index is -0.835. The molecule has 1 aliphatic rings. The number of hydrogen-bond acceptors (Lipinski definition) is 2. The van der Waals surface area contributed by atoms with Crippen LogP contribution < -0.4 is 10.6 Å². The van der Waals surface area contributed by atoms with Gasteiger partial charge in [0.25, 0.3) is 0 Å². The summed E-state index contributed by atoms with van der Waals surface area (Å²) in [6.07, 6.45) is 1.45. The summed E-state index contributed by atoms with van der Waals surface area (Å²) in [5, 5.41) is 14.2. The summed E-state index contributed by atoms with van der Waals surface area (Å²) in [4.78, 5) is 22.2. The number of nitrogens with one attached hydrogen (secondary N) is 2. The Balaban J connectivity index is 1.63. The van der Waals surface area contributed by atoms with Gasteiger partial charge in [-0.15, -0.1) is 0 Å². The van der Waals surface area contributed by atoms with Crippen LogP contribution in [0.3, 0.4) is 0 Å². The molecule has 2 atom stereocenters. The Bertz CT molecular complexity index is 502. The minimum absolute atomic E-state index is 0.230. The smallest absolute Gasteiger partial charge is 0.314 e. The van der Waals surface area contributed by atoms with Crippen LogP contribution in [0.2, 0.25) is 0 Å². The van der Waals surface area contributed by atoms with E-state index in [4.69, 9.17) is 5.11 Å². The molecular weight excluding hydrogens is 256 g/mol. The summed E-state index contributed by atoms with van der Waals surface area (Å²) in [5.74, 6) is -0.873. The van der Waals surface area contributed by atoms with Gasteiger partial charge in [0.1, 0.15) is 0 Å². The third-order valence-electron chi connectivity index (χ3n) is 3.75. The molecule has 0 saturated heterocycles. The van der Waals surface area contributed by atoms with Gasteiger partial charge >= 0.3 is 12.0 Å². The molecule has 108 valence electrons. The summed E-state index contributed by atoms with van der Waals surface area (Å²) < 4.78 is 0. The maximum Gasteiger partial charge on any atom is 0.314 e. The molecule has 0 radical (unpaired) electrons. The molecule has 2 rings (SSSR count). The van der Waals surface area contributed by atoms with Crippen molar-refractivity contribution in [3.05, 3.63) is 35.4 Å². The van der Waals surface area contributed by atoms with E-state index in [-0.39, 0.29) is 6.03 Å². The van der Waals surface area contributed by atoms with Crippen molar-refractivity contribution in [2.75, 3.05) is 13.1 Å². The molecule has 1 aromatic carbocycles. The molecule has 0 spiro atoms. The topological polar surface area (TPSA) is 78.4 Å². The molecule has 3 N–H and O–H groups in total. The fraction of sp³-hybridized carbons (Fsp3) is 0.467. The van der Waals surface area contributed by atoms with E-state index in [1.165, 1.54) is 11.1 Å². The second-order valence-corrected chi connectivity index (χ2v) is 5.26. The van der Waals surface area contributed by atoms with Crippen molar-refractivity contribution >= 4 is 12.0 Å². The zero-order valence-corrected chi connectivity index (χ0v) is 11.6. The Morgan fingerprint density at radius 2 is 2.10 bits per heavy atom. The Labute approximate surface area is 118 Å². The zero-order chi connectivity index (χ0) is 14.5. The maximum atomic E-state index is 11.6. The van der Waals surface area contributed by atoms with Gasteiger partial charge in [-0.1, -0.05) is 31.2 Å². The van der Waals surface area contributed by atoms with Crippen molar-refractivity contribution in [2.24, 2.45) is 5.92 Å². The Hall–Kier alpha value is -2.04. The van der Waals surface area contributed by atoms with Crippen molar-refractivity contribution in [1.82, 2.24) is 10.6 Å². The summed E-state index contributed by atoms with van der Waals surface area (Å²) in [5.41, 5.74) is 2.67. The number of carboxylic acids is 1. The fourth-order valence-electron chi connectivity index (χ4n) is 2.35. The molecule has 2 unspecified atom stereocenters. The van der Waals surface area contributed by atoms with Gasteiger partial charge in [0, 0.05) is 19.0 Å². The molecule has 0 saturated carbocycles. The maximum absolute atomic E-state index is 11.6. The van der Waals surface area contributed by atoms with Gasteiger partial charge in [-0.2, -0.15) is 0 Å². The minimum Gasteiger partial charge on any atom is -0.481 e. The molecule has 0 bridgehead atoms. The van der Waals surface area contributed by atoms with Crippen LogP contribution in [0, 0.1) is 5.92 Å². The van der Waals surface area contributed by atoms with Gasteiger partial charge < -0.3 is 15.7 Å². The van der Waals surface area contributed by atoms with Crippen LogP contribution in [-0.4, -0.2) is 30.2 Å². The van der Waals surface area contributed by atoms with Crippen molar-refractivity contribution in [3.8, 4) is 0 Å². The van der Waals surface area contributed by atoms with Crippen molar-refractivity contribution < 1.29 is 14.7 Å². The van der Waals surface area contributed by atoms with E-state index in [1.54, 1.807) is 6.92 Å². The average molecular weight is 276 g/mol. The van der Waals surface area contributed by atoms with Crippen molar-refractivity contribution in [2.45, 2.75) is 25.7 Å². The van der Waals surface area contributed by atoms with Crippen LogP contribution in [0.4, 0.5) is 4.79 Å². The number of urea groups is 1. The summed E-state index contributed by atoms with van der Waals surface area (Å²) in [6.45, 7) is 2.63. The molecule has 2 amide bonds. The molecule has 0 aliphatic heterocycles. The highest BCUT2D eigenvalue weighted by Crippen LogP contribution is 2.33. The molecule has 1 aromatic rings. The number of benzene rings is 1. The van der Waals surface area contributed by atoms with E-state index < -0.39 is 11.9 Å². The third kappa shape index (κ3) is 3.50. The van der Waals surface area contributed by atoms with Crippen molar-refractivity contribution in [3.63, 3.8) is 0 Å². The van der Waals surface area contributed by atoms with E-state index in [9.17, 15) is 9.59 Å². The molecular formula is C15H20N2O3. The van der Waals surface area contributed by atoms with Gasteiger partial charge in [0.05, 0.1) is 5.92 Å². The quantitative estimate of drug-likeness (QED) is 0.740. The van der Waals surface area contributed by atoms with Gasteiger partial charge in [-0.05, 0) is 24.0 Å². The first kappa shape index (κ1) is 14.4. The number of carbonyl (C=O) groups is 2. The normalized spacial score (nSPS) is 17.6. The van der Waals surface area contributed by atoms with Crippen LogP contribution in [0.5, 0.6) is 0 Å². The SMILES string of the molecule is CC(CCNC(=O)NCC1Cc2ccccc21)C(=O)O. The lowest BCUT2D eigenvalue weighted by atomic mass is 9.78. The largest absolute Gasteiger partial charge is 0.481 e. The average Bonchev–Trinajstić information content (AvgIpc) is 2.39. The van der Waals surface area contributed by atoms with E-state index >= 15 is 0 Å². The first-order valence-electron chi connectivity index (χ1n) is 6.90. The van der Waals surface area contributed by atoms with Crippen LogP contribution in [0.25, 0.3) is 0 Å². The van der Waals surface area contributed by atoms with Crippen molar-refractivity contribution in [1.29, 1.82) is 0 Å². The monoisotopic (exact) mass is 276 g/mol. The summed E-state index contributed by atoms with van der Waals surface area (Å²) >= 11 is 0. The lowest BCUT2D eigenvalue weighted by Crippen LogP contribution is -2.40. The van der Waals surface area contributed by atoms with E-state index in [0.29, 0.717) is 25.4 Å². The number of aliphatic carboxylic acids is 1. The lowest BCUT2D eigenvalue weighted by molar-refractivity contribution is -0.141. The number of carbonyl (C=O) groups excluding carboxylic acids is 1. The highest BCUT2D eigenvalue weighted by Gasteiger charge is 2.25. The van der Waals surface area contributed by atoms with Crippen LogP contribution in [0.15, 0.2) is 24.3 Å². The number of fused-ring (bicyclic) bond motifs is 1. The molecule has 0 fully saturated rings. The van der Waals surface area contributed by atoms with E-state index in [2.05, 4.69) is 22.8 Å². The predicted molar refractivity (Wildman–Crippen MR) is 75.7 cm³/mol. The Kier molecular flexibility index (Phi) is 4.61. The van der Waals surface area contributed by atoms with Crippen LogP contribution >= 0.6 is 0 Å². The van der Waals surface area contributed by atoms with Crippen LogP contribution in [-0.2, 0) is 11.2 Å². The molecule has 0 heterocycles. The summed E-state index contributed by atoms with van der Waals surface area (Å²) in [6, 6.07) is 8.01. The number of amides is 2. The lowest BCUT2D eigenvalue weighted by Gasteiger charge is -2.30. The van der Waals surface area contributed by atoms with Crippen LogP contribution in [0.1, 0.15) is 30.4 Å². The highest BCUT2D eigenvalue weighted by molar-refractivity contribution is 5.74. The van der Waals surface area contributed by atoms with Gasteiger partial charge in [-0.3, -0.25) is 4.79 Å². The van der Waals surface area contributed by atoms with E-state index in [1.807, 2.05) is 12.1 Å². The molecule has 1 aliphatic carbocycles. The third-order valence-corrected chi connectivity index (χ3v) is 3.75. The second-order valence-electron chi connectivity index (χ2n) is 5.26. The van der Waals surface area contributed by atoms with Gasteiger partial charge in [0.2, 0.25) is 0 Å². The number of rotatable bonds is 6. The fourth-order valence-corrected chi connectivity index (χ4v) is 2.35. The summed E-state index contributed by atoms with van der Waals surface area (Å²) in [7, 11) is 0. The highest BCUT2D eigenvalue weighted by atomic mass is 16.4. The van der Waals surface area contributed by atoms with E-state index in [0.717, 1.165) is 6.42 Å². The first-order chi connectivity index (χ1) is 9.58. The number of hydrogen-bond donors (Lipinski definition) is 3. The number of carboxylic acid groups (broad SMARTS) is 1. The first-order valence-corrected chi connectivity index (χ1v) is 6.90. The molecule has 5 nitrogen and oxygen atoms in total. The van der Waals surface area contributed by atoms with Gasteiger partial charge in [-0.25, -0.2) is 4.79 Å².